The van der Waals surface area contributed by atoms with Crippen molar-refractivity contribution >= 4 is 53.1 Å². The van der Waals surface area contributed by atoms with Gasteiger partial charge in [0, 0.05) is 36.9 Å². The number of hydrogen-bond acceptors (Lipinski definition) is 3. The van der Waals surface area contributed by atoms with E-state index in [1.165, 1.54) is 52.8 Å². The minimum Gasteiger partial charge on any atom is -0.228 e. The third-order valence-electron chi connectivity index (χ3n) is 9.91. The van der Waals surface area contributed by atoms with Crippen LogP contribution in [-0.4, -0.2) is 9.97 Å². The molecule has 0 atom stereocenters. The van der Waals surface area contributed by atoms with Crippen LogP contribution in [0.1, 0.15) is 0 Å². The molecule has 2 nitrogen and oxygen atoms in total. The molecule has 0 aliphatic rings. The van der Waals surface area contributed by atoms with Crippen LogP contribution in [0.4, 0.5) is 0 Å². The topological polar surface area (TPSA) is 25.8 Å². The van der Waals surface area contributed by atoms with Gasteiger partial charge in [0.1, 0.15) is 0 Å². The number of thiophene rings is 1. The first-order chi connectivity index (χ1) is 25.3. The largest absolute Gasteiger partial charge is 0.228 e. The summed E-state index contributed by atoms with van der Waals surface area (Å²) in [4.78, 5) is 10.7. The Labute approximate surface area is 300 Å². The number of hydrogen-bond donors (Lipinski definition) is 0. The second-order valence-corrected chi connectivity index (χ2v) is 14.0. The van der Waals surface area contributed by atoms with Gasteiger partial charge < -0.3 is 0 Å². The molecular formula is C48H30N2S. The van der Waals surface area contributed by atoms with E-state index in [0.29, 0.717) is 0 Å². The minimum absolute atomic E-state index is 0.729. The molecule has 0 aliphatic heterocycles. The lowest BCUT2D eigenvalue weighted by Gasteiger charge is -2.15. The Balaban J connectivity index is 1.20. The average Bonchev–Trinajstić information content (AvgIpc) is 3.59. The summed E-state index contributed by atoms with van der Waals surface area (Å²) >= 11 is 1.82. The highest BCUT2D eigenvalue weighted by Gasteiger charge is 2.20. The highest BCUT2D eigenvalue weighted by atomic mass is 32.1. The number of nitrogens with zero attached hydrogens (tertiary/aromatic N) is 2. The monoisotopic (exact) mass is 666 g/mol. The zero-order chi connectivity index (χ0) is 33.7. The van der Waals surface area contributed by atoms with Gasteiger partial charge in [-0.05, 0) is 62.0 Å². The van der Waals surface area contributed by atoms with Crippen molar-refractivity contribution in [1.29, 1.82) is 0 Å². The molecule has 3 heteroatoms. The minimum atomic E-state index is 0.729. The van der Waals surface area contributed by atoms with Gasteiger partial charge in [0.2, 0.25) is 0 Å². The van der Waals surface area contributed by atoms with Crippen LogP contribution < -0.4 is 0 Å². The highest BCUT2D eigenvalue weighted by molar-refractivity contribution is 7.26. The molecule has 0 bridgehead atoms. The summed E-state index contributed by atoms with van der Waals surface area (Å²) in [5, 5.41) is 7.54. The Hall–Kier alpha value is -6.42. The van der Waals surface area contributed by atoms with E-state index in [9.17, 15) is 0 Å². The van der Waals surface area contributed by atoms with Gasteiger partial charge in [-0.2, -0.15) is 0 Å². The van der Waals surface area contributed by atoms with Crippen molar-refractivity contribution in [3.8, 4) is 56.2 Å². The first kappa shape index (κ1) is 29.5. The molecule has 0 saturated carbocycles. The normalized spacial score (nSPS) is 11.5. The molecule has 0 radical (unpaired) electrons. The second-order valence-electron chi connectivity index (χ2n) is 12.9. The average molecular weight is 667 g/mol. The van der Waals surface area contributed by atoms with Crippen molar-refractivity contribution in [3.63, 3.8) is 0 Å². The SMILES string of the molecule is c1ccc(-c2cc(-c3ccccc3)nc(-c3c(-c4ccc(-c5cc6ccccc6c6ccccc56)cc4)ccc4c3sc3ccccc34)n2)cc1. The lowest BCUT2D eigenvalue weighted by atomic mass is 9.91. The van der Waals surface area contributed by atoms with Gasteiger partial charge in [-0.1, -0.05) is 164 Å². The van der Waals surface area contributed by atoms with Crippen LogP contribution in [0.25, 0.3) is 97.9 Å². The van der Waals surface area contributed by atoms with E-state index in [4.69, 9.17) is 9.97 Å². The molecule has 2 aromatic heterocycles. The molecule has 0 fully saturated rings. The number of benzene rings is 8. The van der Waals surface area contributed by atoms with Gasteiger partial charge >= 0.3 is 0 Å². The van der Waals surface area contributed by atoms with E-state index < -0.39 is 0 Å². The summed E-state index contributed by atoms with van der Waals surface area (Å²) in [7, 11) is 0. The Morgan fingerprint density at radius 1 is 0.353 bits per heavy atom. The van der Waals surface area contributed by atoms with Crippen LogP contribution in [0.5, 0.6) is 0 Å². The van der Waals surface area contributed by atoms with Gasteiger partial charge in [-0.25, -0.2) is 9.97 Å². The van der Waals surface area contributed by atoms with E-state index in [1.807, 2.05) is 23.5 Å². The Morgan fingerprint density at radius 3 is 1.59 bits per heavy atom. The van der Waals surface area contributed by atoms with Crippen molar-refractivity contribution in [2.75, 3.05) is 0 Å². The van der Waals surface area contributed by atoms with Gasteiger partial charge in [0.05, 0.1) is 11.4 Å². The van der Waals surface area contributed by atoms with E-state index in [2.05, 4.69) is 170 Å². The molecule has 10 rings (SSSR count). The maximum Gasteiger partial charge on any atom is 0.162 e. The molecule has 0 N–H and O–H groups in total. The van der Waals surface area contributed by atoms with Crippen LogP contribution in [-0.2, 0) is 0 Å². The predicted octanol–water partition coefficient (Wildman–Crippen LogP) is 13.5. The molecule has 238 valence electrons. The summed E-state index contributed by atoms with van der Waals surface area (Å²) in [6, 6.07) is 64.9. The maximum atomic E-state index is 5.33. The maximum absolute atomic E-state index is 5.33. The second kappa shape index (κ2) is 12.2. The fraction of sp³-hybridized carbons (Fsp3) is 0. The van der Waals surface area contributed by atoms with E-state index in [0.717, 1.165) is 45.0 Å². The molecule has 51 heavy (non-hydrogen) atoms. The van der Waals surface area contributed by atoms with Crippen molar-refractivity contribution in [2.24, 2.45) is 0 Å². The first-order valence-electron chi connectivity index (χ1n) is 17.2. The quantitative estimate of drug-likeness (QED) is 0.171. The standard InChI is InChI=1S/C48H30N2S/c1-3-13-33(14-4-1)43-30-44(34-15-5-2-6-16-34)50-48(49-43)46-37(27-28-41-40-21-11-12-22-45(40)51-47(41)46)31-23-25-32(26-24-31)42-29-35-17-7-8-18-36(35)38-19-9-10-20-39(38)42/h1-30H. The molecule has 8 aromatic carbocycles. The number of rotatable bonds is 5. The highest BCUT2D eigenvalue weighted by Crippen LogP contribution is 2.45. The molecule has 2 heterocycles. The summed E-state index contributed by atoms with van der Waals surface area (Å²) < 4.78 is 2.45. The first-order valence-corrected chi connectivity index (χ1v) is 18.1. The number of aromatic nitrogens is 2. The molecule has 0 aliphatic carbocycles. The molecule has 0 unspecified atom stereocenters. The summed E-state index contributed by atoms with van der Waals surface area (Å²) in [5.74, 6) is 0.729. The van der Waals surface area contributed by atoms with Crippen LogP contribution in [0.15, 0.2) is 182 Å². The smallest absolute Gasteiger partial charge is 0.162 e. The molecule has 10 aromatic rings. The van der Waals surface area contributed by atoms with Gasteiger partial charge in [0.25, 0.3) is 0 Å². The third-order valence-corrected chi connectivity index (χ3v) is 11.1. The Morgan fingerprint density at radius 2 is 0.902 bits per heavy atom. The van der Waals surface area contributed by atoms with E-state index in [1.54, 1.807) is 0 Å². The van der Waals surface area contributed by atoms with Crippen LogP contribution in [0.2, 0.25) is 0 Å². The molecule has 0 saturated heterocycles. The van der Waals surface area contributed by atoms with Crippen LogP contribution >= 0.6 is 11.3 Å². The molecule has 0 amide bonds. The molecule has 0 spiro atoms. The van der Waals surface area contributed by atoms with Gasteiger partial charge in [0.15, 0.2) is 5.82 Å². The van der Waals surface area contributed by atoms with E-state index in [-0.39, 0.29) is 0 Å². The van der Waals surface area contributed by atoms with E-state index >= 15 is 0 Å². The Kier molecular flexibility index (Phi) is 7.04. The summed E-state index contributed by atoms with van der Waals surface area (Å²) in [6.07, 6.45) is 0. The van der Waals surface area contributed by atoms with Crippen molar-refractivity contribution in [2.45, 2.75) is 0 Å². The lowest BCUT2D eigenvalue weighted by molar-refractivity contribution is 1.19. The van der Waals surface area contributed by atoms with Crippen molar-refractivity contribution in [3.05, 3.63) is 182 Å². The lowest BCUT2D eigenvalue weighted by Crippen LogP contribution is -1.98. The third kappa shape index (κ3) is 5.10. The van der Waals surface area contributed by atoms with Crippen LogP contribution in [0, 0.1) is 0 Å². The fourth-order valence-corrected chi connectivity index (χ4v) is 8.69. The number of fused-ring (bicyclic) bond motifs is 6. The summed E-state index contributed by atoms with van der Waals surface area (Å²) in [5.41, 5.74) is 9.69. The fourth-order valence-electron chi connectivity index (χ4n) is 7.45. The summed E-state index contributed by atoms with van der Waals surface area (Å²) in [6.45, 7) is 0. The zero-order valence-corrected chi connectivity index (χ0v) is 28.4. The van der Waals surface area contributed by atoms with Crippen molar-refractivity contribution < 1.29 is 0 Å². The van der Waals surface area contributed by atoms with Crippen LogP contribution in [0.3, 0.4) is 0 Å². The van der Waals surface area contributed by atoms with Crippen molar-refractivity contribution in [1.82, 2.24) is 9.97 Å². The van der Waals surface area contributed by atoms with Gasteiger partial charge in [-0.15, -0.1) is 11.3 Å². The predicted molar refractivity (Wildman–Crippen MR) is 217 cm³/mol. The molecular weight excluding hydrogens is 637 g/mol. The van der Waals surface area contributed by atoms with Gasteiger partial charge in [-0.3, -0.25) is 0 Å². The zero-order valence-electron chi connectivity index (χ0n) is 27.6. The Bertz CT molecular complexity index is 2830.